The van der Waals surface area contributed by atoms with Crippen LogP contribution in [0.3, 0.4) is 0 Å². The second-order valence-corrected chi connectivity index (χ2v) is 15.8. The number of carboxylic acid groups (broad SMARTS) is 3. The van der Waals surface area contributed by atoms with Crippen molar-refractivity contribution < 1.29 is 63.3 Å². The molecule has 8 atom stereocenters. The average molecular weight is 885 g/mol. The zero-order valence-corrected chi connectivity index (χ0v) is 35.7. The maximum atomic E-state index is 13.8. The van der Waals surface area contributed by atoms with Crippen LogP contribution in [0.15, 0.2) is 12.5 Å². The first-order chi connectivity index (χ1) is 28.6. The van der Waals surface area contributed by atoms with Gasteiger partial charge in [0.1, 0.15) is 36.3 Å². The lowest BCUT2D eigenvalue weighted by Gasteiger charge is -2.29. The van der Waals surface area contributed by atoms with Crippen molar-refractivity contribution in [2.45, 2.75) is 128 Å². The summed E-state index contributed by atoms with van der Waals surface area (Å²) >= 11 is 1.31. The Morgan fingerprint density at radius 1 is 0.705 bits per heavy atom. The minimum atomic E-state index is -1.80. The van der Waals surface area contributed by atoms with Crippen LogP contribution in [0.4, 0.5) is 0 Å². The van der Waals surface area contributed by atoms with Gasteiger partial charge >= 0.3 is 17.9 Å². The highest BCUT2D eigenvalue weighted by molar-refractivity contribution is 7.98. The summed E-state index contributed by atoms with van der Waals surface area (Å²) in [6.07, 6.45) is 2.22. The molecule has 0 saturated carbocycles. The number of imidazole rings is 1. The number of primary amides is 1. The van der Waals surface area contributed by atoms with E-state index in [0.29, 0.717) is 11.4 Å². The van der Waals surface area contributed by atoms with E-state index >= 15 is 0 Å². The molecule has 0 unspecified atom stereocenters. The minimum Gasteiger partial charge on any atom is -0.481 e. The molecule has 1 aromatic rings. The number of aromatic amines is 1. The molecular formula is C37H60N10O13S. The standard InChI is InChI=1S/C37H60N10O13S/c1-6-19(4)30(47-33(55)22(8-9-27(39)48)42-34(56)24(13-18(2)3)44-31(53)21(38)7-10-28(49)50)36(58)45-25(15-29(51)52)35(57)43-23(11-12-61-5)32(54)46-26(37(59)60)14-20-16-40-17-41-20/h16-19,21-26,30H,6-15,38H2,1-5H3,(H2,39,48)(H,40,41)(H,42,56)(H,43,57)(H,44,53)(H,45,58)(H,46,54)(H,47,55)(H,49,50)(H,51,52)(H,59,60)/t19-,21-,22-,23-,24-,25-,26-,30-/m0/s1. The molecule has 0 aliphatic heterocycles. The van der Waals surface area contributed by atoms with Gasteiger partial charge in [-0.3, -0.25) is 43.2 Å². The third-order valence-corrected chi connectivity index (χ3v) is 9.94. The van der Waals surface area contributed by atoms with Gasteiger partial charge in [0, 0.05) is 31.2 Å². The summed E-state index contributed by atoms with van der Waals surface area (Å²) in [5, 5.41) is 42.9. The molecule has 0 saturated heterocycles. The van der Waals surface area contributed by atoms with Crippen LogP contribution in [0.1, 0.15) is 84.8 Å². The third kappa shape index (κ3) is 20.4. The Bertz CT molecular complexity index is 1680. The number of aliphatic carboxylic acids is 3. The fraction of sp³-hybridized carbons (Fsp3) is 0.649. The fourth-order valence-corrected chi connectivity index (χ4v) is 6.16. The van der Waals surface area contributed by atoms with Crippen molar-refractivity contribution in [3.63, 3.8) is 0 Å². The van der Waals surface area contributed by atoms with E-state index in [1.54, 1.807) is 34.0 Å². The van der Waals surface area contributed by atoms with Crippen LogP contribution >= 0.6 is 11.8 Å². The number of nitrogens with two attached hydrogens (primary N) is 2. The smallest absolute Gasteiger partial charge is 0.326 e. The van der Waals surface area contributed by atoms with Gasteiger partial charge in [-0.15, -0.1) is 0 Å². The van der Waals surface area contributed by atoms with Gasteiger partial charge in [0.05, 0.1) is 18.8 Å². The molecule has 1 heterocycles. The van der Waals surface area contributed by atoms with Gasteiger partial charge in [0.15, 0.2) is 0 Å². The molecule has 342 valence electrons. The van der Waals surface area contributed by atoms with E-state index in [1.165, 1.54) is 24.3 Å². The molecule has 1 rings (SSSR count). The number of carbonyl (C=O) groups excluding carboxylic acids is 7. The Kier molecular flexibility index (Phi) is 23.7. The molecule has 0 spiro atoms. The molecule has 24 heteroatoms. The van der Waals surface area contributed by atoms with Crippen molar-refractivity contribution in [2.75, 3.05) is 12.0 Å². The van der Waals surface area contributed by atoms with Crippen molar-refractivity contribution in [3.05, 3.63) is 18.2 Å². The van der Waals surface area contributed by atoms with Gasteiger partial charge in [-0.2, -0.15) is 11.8 Å². The Morgan fingerprint density at radius 3 is 1.75 bits per heavy atom. The number of nitrogens with zero attached hydrogens (tertiary/aromatic N) is 1. The van der Waals surface area contributed by atoms with Crippen molar-refractivity contribution in [3.8, 4) is 0 Å². The summed E-state index contributed by atoms with van der Waals surface area (Å²) in [7, 11) is 0. The van der Waals surface area contributed by atoms with Crippen LogP contribution < -0.4 is 43.4 Å². The molecule has 7 amide bonds. The predicted molar refractivity (Wildman–Crippen MR) is 219 cm³/mol. The first-order valence-corrected chi connectivity index (χ1v) is 21.0. The largest absolute Gasteiger partial charge is 0.481 e. The van der Waals surface area contributed by atoms with Crippen LogP contribution in [0.2, 0.25) is 0 Å². The van der Waals surface area contributed by atoms with Gasteiger partial charge < -0.3 is 63.7 Å². The maximum Gasteiger partial charge on any atom is 0.326 e. The second kappa shape index (κ2) is 27.1. The van der Waals surface area contributed by atoms with Crippen molar-refractivity contribution in [1.29, 1.82) is 0 Å². The highest BCUT2D eigenvalue weighted by atomic mass is 32.2. The van der Waals surface area contributed by atoms with Gasteiger partial charge in [-0.1, -0.05) is 34.1 Å². The summed E-state index contributed by atoms with van der Waals surface area (Å²) in [6, 6.07) is -10.1. The first-order valence-electron chi connectivity index (χ1n) is 19.6. The Balaban J connectivity index is 3.34. The third-order valence-electron chi connectivity index (χ3n) is 9.30. The molecule has 61 heavy (non-hydrogen) atoms. The lowest BCUT2D eigenvalue weighted by molar-refractivity contribution is -0.143. The summed E-state index contributed by atoms with van der Waals surface area (Å²) in [5.41, 5.74) is 11.6. The zero-order chi connectivity index (χ0) is 46.4. The monoisotopic (exact) mass is 884 g/mol. The Hall–Kier alpha value is -5.78. The Labute approximate surface area is 356 Å². The molecule has 0 bridgehead atoms. The van der Waals surface area contributed by atoms with E-state index in [2.05, 4.69) is 41.9 Å². The average Bonchev–Trinajstić information content (AvgIpc) is 3.70. The SMILES string of the molecule is CC[C@H](C)[C@H](NC(=O)[C@H](CCC(N)=O)NC(=O)[C@H](CC(C)C)NC(=O)[C@@H](N)CCC(=O)O)C(=O)N[C@@H](CC(=O)O)C(=O)N[C@@H](CCSC)C(=O)N[C@@H](Cc1cnc[nH]1)C(=O)O. The van der Waals surface area contributed by atoms with Gasteiger partial charge in [0.25, 0.3) is 0 Å². The highest BCUT2D eigenvalue weighted by Gasteiger charge is 2.36. The number of carboxylic acids is 3. The van der Waals surface area contributed by atoms with Crippen LogP contribution in [-0.4, -0.2) is 139 Å². The van der Waals surface area contributed by atoms with Crippen LogP contribution in [0, 0.1) is 11.8 Å². The highest BCUT2D eigenvalue weighted by Crippen LogP contribution is 2.13. The van der Waals surface area contributed by atoms with E-state index in [1.807, 2.05) is 0 Å². The number of carbonyl (C=O) groups is 10. The van der Waals surface area contributed by atoms with E-state index in [-0.39, 0.29) is 44.4 Å². The number of rotatable bonds is 30. The van der Waals surface area contributed by atoms with Crippen LogP contribution in [0.5, 0.6) is 0 Å². The zero-order valence-electron chi connectivity index (χ0n) is 34.9. The number of hydrogen-bond donors (Lipinski definition) is 12. The van der Waals surface area contributed by atoms with Crippen LogP contribution in [-0.2, 0) is 54.4 Å². The number of thioether (sulfide) groups is 1. The van der Waals surface area contributed by atoms with Crippen molar-refractivity contribution in [1.82, 2.24) is 41.9 Å². The molecule has 1 aromatic heterocycles. The number of amides is 7. The lowest BCUT2D eigenvalue weighted by atomic mass is 9.96. The summed E-state index contributed by atoms with van der Waals surface area (Å²) in [5.74, 6) is -11.1. The van der Waals surface area contributed by atoms with Gasteiger partial charge in [-0.25, -0.2) is 9.78 Å². The molecule has 0 aliphatic rings. The summed E-state index contributed by atoms with van der Waals surface area (Å²) < 4.78 is 0. The maximum absolute atomic E-state index is 13.8. The molecule has 0 aliphatic carbocycles. The van der Waals surface area contributed by atoms with Gasteiger partial charge in [-0.05, 0) is 49.5 Å². The van der Waals surface area contributed by atoms with Crippen LogP contribution in [0.25, 0.3) is 0 Å². The topological polar surface area (TPSA) is 384 Å². The normalized spacial score (nSPS) is 15.0. The molecule has 14 N–H and O–H groups in total. The predicted octanol–water partition coefficient (Wildman–Crippen LogP) is -2.28. The molecule has 23 nitrogen and oxygen atoms in total. The summed E-state index contributed by atoms with van der Waals surface area (Å²) in [6.45, 7) is 6.75. The van der Waals surface area contributed by atoms with E-state index in [4.69, 9.17) is 16.6 Å². The lowest BCUT2D eigenvalue weighted by Crippen LogP contribution is -2.61. The second-order valence-electron chi connectivity index (χ2n) is 14.8. The molecule has 0 aromatic carbocycles. The van der Waals surface area contributed by atoms with E-state index in [9.17, 15) is 58.2 Å². The molecular weight excluding hydrogens is 825 g/mol. The minimum absolute atomic E-state index is 0.00787. The van der Waals surface area contributed by atoms with E-state index in [0.717, 1.165) is 0 Å². The first kappa shape index (κ1) is 53.2. The number of aromatic nitrogens is 2. The fourth-order valence-electron chi connectivity index (χ4n) is 5.69. The number of H-pyrrole nitrogens is 1. The van der Waals surface area contributed by atoms with E-state index < -0.39 is 127 Å². The number of hydrogen-bond acceptors (Lipinski definition) is 13. The molecule has 0 radical (unpaired) electrons. The van der Waals surface area contributed by atoms with Crippen molar-refractivity contribution >= 4 is 71.0 Å². The Morgan fingerprint density at radius 2 is 1.25 bits per heavy atom. The quantitative estimate of drug-likeness (QED) is 0.0387. The van der Waals surface area contributed by atoms with Crippen molar-refractivity contribution in [2.24, 2.45) is 23.3 Å². The summed E-state index contributed by atoms with van der Waals surface area (Å²) in [4.78, 5) is 134. The number of nitrogens with one attached hydrogen (secondary N) is 7. The molecule has 0 fully saturated rings. The van der Waals surface area contributed by atoms with Gasteiger partial charge in [0.2, 0.25) is 41.4 Å².